The monoisotopic (exact) mass is 268 g/mol. The third-order valence-electron chi connectivity index (χ3n) is 4.38. The average Bonchev–Trinajstić information content (AvgIpc) is 2.92. The highest BCUT2D eigenvalue weighted by Crippen LogP contribution is 2.31. The van der Waals surface area contributed by atoms with Crippen molar-refractivity contribution >= 4 is 16.9 Å². The fourth-order valence-corrected chi connectivity index (χ4v) is 4.44. The molecule has 4 heteroatoms. The van der Waals surface area contributed by atoms with Crippen LogP contribution < -0.4 is 5.32 Å². The Bertz CT molecular complexity index is 302. The zero-order valence-electron chi connectivity index (χ0n) is 11.1. The number of thioether (sulfide) groups is 1. The van der Waals surface area contributed by atoms with Crippen molar-refractivity contribution in [3.05, 3.63) is 0 Å². The highest BCUT2D eigenvalue weighted by Gasteiger charge is 2.30. The molecule has 1 saturated carbocycles. The molecule has 2 heterocycles. The quantitative estimate of drug-likeness (QED) is 0.854. The van der Waals surface area contributed by atoms with E-state index in [0.29, 0.717) is 12.1 Å². The number of hydrogen-bond acceptors (Lipinski definition) is 3. The molecule has 1 N–H and O–H groups in total. The first-order valence-corrected chi connectivity index (χ1v) is 8.46. The summed E-state index contributed by atoms with van der Waals surface area (Å²) in [7, 11) is 0. The topological polar surface area (TPSA) is 33.6 Å². The lowest BCUT2D eigenvalue weighted by atomic mass is 9.86. The van der Waals surface area contributed by atoms with Crippen molar-refractivity contribution in [2.45, 2.75) is 57.1 Å². The van der Waals surface area contributed by atoms with E-state index in [-0.39, 0.29) is 0 Å². The second kappa shape index (κ2) is 6.29. The fourth-order valence-electron chi connectivity index (χ4n) is 3.26. The predicted molar refractivity (Wildman–Crippen MR) is 77.2 cm³/mol. The Labute approximate surface area is 114 Å². The molecule has 0 bridgehead atoms. The molecule has 18 heavy (non-hydrogen) atoms. The molecular weight excluding hydrogens is 244 g/mol. The van der Waals surface area contributed by atoms with Crippen molar-refractivity contribution in [2.75, 3.05) is 18.9 Å². The van der Waals surface area contributed by atoms with Gasteiger partial charge in [-0.15, -0.1) is 0 Å². The molecule has 3 unspecified atom stereocenters. The molecule has 1 aliphatic carbocycles. The zero-order valence-corrected chi connectivity index (χ0v) is 11.9. The van der Waals surface area contributed by atoms with Crippen molar-refractivity contribution in [3.8, 4) is 0 Å². The Morgan fingerprint density at radius 2 is 2.17 bits per heavy atom. The normalized spacial score (nSPS) is 38.4. The van der Waals surface area contributed by atoms with Crippen LogP contribution in [0.2, 0.25) is 0 Å². The van der Waals surface area contributed by atoms with Crippen LogP contribution in [-0.2, 0) is 4.74 Å². The number of rotatable bonds is 3. The van der Waals surface area contributed by atoms with E-state index < -0.39 is 0 Å². The molecule has 0 amide bonds. The SMILES string of the molecule is C1COC(CCN=C2NC3CCCCC3CS2)C1. The van der Waals surface area contributed by atoms with Gasteiger partial charge in [0.05, 0.1) is 6.10 Å². The predicted octanol–water partition coefficient (Wildman–Crippen LogP) is 2.81. The van der Waals surface area contributed by atoms with Crippen molar-refractivity contribution in [1.29, 1.82) is 0 Å². The van der Waals surface area contributed by atoms with Gasteiger partial charge in [-0.3, -0.25) is 4.99 Å². The Balaban J connectivity index is 1.44. The number of hydrogen-bond donors (Lipinski definition) is 1. The summed E-state index contributed by atoms with van der Waals surface area (Å²) in [6.45, 7) is 1.88. The second-order valence-electron chi connectivity index (χ2n) is 5.72. The molecule has 0 aromatic heterocycles. The zero-order chi connectivity index (χ0) is 12.2. The molecule has 0 aromatic rings. The number of nitrogens with one attached hydrogen (secondary N) is 1. The van der Waals surface area contributed by atoms with Gasteiger partial charge in [0.15, 0.2) is 5.17 Å². The van der Waals surface area contributed by atoms with Gasteiger partial charge in [0, 0.05) is 24.9 Å². The lowest BCUT2D eigenvalue weighted by Gasteiger charge is -2.36. The molecule has 0 spiro atoms. The van der Waals surface area contributed by atoms with Crippen LogP contribution in [-0.4, -0.2) is 36.2 Å². The van der Waals surface area contributed by atoms with Crippen molar-refractivity contribution in [2.24, 2.45) is 10.9 Å². The Hall–Kier alpha value is -0.220. The minimum atomic E-state index is 0.477. The summed E-state index contributed by atoms with van der Waals surface area (Å²) in [6.07, 6.45) is 9.61. The molecule has 2 aliphatic heterocycles. The van der Waals surface area contributed by atoms with E-state index in [0.717, 1.165) is 25.5 Å². The van der Waals surface area contributed by atoms with Gasteiger partial charge >= 0.3 is 0 Å². The number of ether oxygens (including phenoxy) is 1. The minimum absolute atomic E-state index is 0.477. The third kappa shape index (κ3) is 3.21. The van der Waals surface area contributed by atoms with Crippen LogP contribution in [0.4, 0.5) is 0 Å². The summed E-state index contributed by atoms with van der Waals surface area (Å²) in [5.74, 6) is 2.16. The highest BCUT2D eigenvalue weighted by atomic mass is 32.2. The summed E-state index contributed by atoms with van der Waals surface area (Å²) in [5.41, 5.74) is 0. The Morgan fingerprint density at radius 1 is 1.22 bits per heavy atom. The molecule has 0 radical (unpaired) electrons. The first-order valence-electron chi connectivity index (χ1n) is 7.47. The van der Waals surface area contributed by atoms with Gasteiger partial charge < -0.3 is 10.1 Å². The van der Waals surface area contributed by atoms with Crippen LogP contribution in [0.3, 0.4) is 0 Å². The van der Waals surface area contributed by atoms with E-state index in [1.54, 1.807) is 0 Å². The largest absolute Gasteiger partial charge is 0.378 e. The number of fused-ring (bicyclic) bond motifs is 1. The molecule has 3 fully saturated rings. The summed E-state index contributed by atoms with van der Waals surface area (Å²) in [5, 5.41) is 4.84. The van der Waals surface area contributed by atoms with E-state index in [9.17, 15) is 0 Å². The second-order valence-corrected chi connectivity index (χ2v) is 6.73. The lowest BCUT2D eigenvalue weighted by molar-refractivity contribution is 0.106. The minimum Gasteiger partial charge on any atom is -0.378 e. The van der Waals surface area contributed by atoms with Gasteiger partial charge in [-0.2, -0.15) is 0 Å². The third-order valence-corrected chi connectivity index (χ3v) is 5.50. The Kier molecular flexibility index (Phi) is 4.47. The van der Waals surface area contributed by atoms with Gasteiger partial charge in [0.25, 0.3) is 0 Å². The van der Waals surface area contributed by atoms with Gasteiger partial charge in [-0.05, 0) is 38.0 Å². The summed E-state index contributed by atoms with van der Waals surface area (Å²) < 4.78 is 5.63. The molecule has 0 aromatic carbocycles. The van der Waals surface area contributed by atoms with Crippen LogP contribution in [0.1, 0.15) is 44.9 Å². The maximum absolute atomic E-state index is 5.63. The molecule has 2 saturated heterocycles. The first kappa shape index (κ1) is 12.8. The molecule has 102 valence electrons. The maximum atomic E-state index is 5.63. The molecule has 3 nitrogen and oxygen atoms in total. The van der Waals surface area contributed by atoms with Gasteiger partial charge in [-0.1, -0.05) is 24.6 Å². The van der Waals surface area contributed by atoms with Crippen LogP contribution in [0, 0.1) is 5.92 Å². The summed E-state index contributed by atoms with van der Waals surface area (Å²) >= 11 is 1.93. The first-order chi connectivity index (χ1) is 8.92. The number of amidine groups is 1. The van der Waals surface area contributed by atoms with Crippen LogP contribution >= 0.6 is 11.8 Å². The standard InChI is InChI=1S/C14H24N2OS/c1-2-6-13-11(4-1)10-18-14(16-13)15-8-7-12-5-3-9-17-12/h11-13H,1-10H2,(H,15,16). The average molecular weight is 268 g/mol. The van der Waals surface area contributed by atoms with E-state index in [1.807, 2.05) is 11.8 Å². The van der Waals surface area contributed by atoms with Gasteiger partial charge in [-0.25, -0.2) is 0 Å². The van der Waals surface area contributed by atoms with Crippen LogP contribution in [0.15, 0.2) is 4.99 Å². The number of nitrogens with zero attached hydrogens (tertiary/aromatic N) is 1. The van der Waals surface area contributed by atoms with E-state index in [4.69, 9.17) is 9.73 Å². The van der Waals surface area contributed by atoms with E-state index in [2.05, 4.69) is 5.32 Å². The van der Waals surface area contributed by atoms with Crippen molar-refractivity contribution in [1.82, 2.24) is 5.32 Å². The highest BCUT2D eigenvalue weighted by molar-refractivity contribution is 8.13. The summed E-state index contributed by atoms with van der Waals surface area (Å²) in [4.78, 5) is 4.73. The van der Waals surface area contributed by atoms with Crippen LogP contribution in [0.5, 0.6) is 0 Å². The molecular formula is C14H24N2OS. The molecule has 3 rings (SSSR count). The summed E-state index contributed by atoms with van der Waals surface area (Å²) in [6, 6.07) is 0.710. The van der Waals surface area contributed by atoms with E-state index >= 15 is 0 Å². The Morgan fingerprint density at radius 3 is 3.06 bits per heavy atom. The van der Waals surface area contributed by atoms with Gasteiger partial charge in [0.1, 0.15) is 0 Å². The van der Waals surface area contributed by atoms with Gasteiger partial charge in [0.2, 0.25) is 0 Å². The maximum Gasteiger partial charge on any atom is 0.156 e. The van der Waals surface area contributed by atoms with E-state index in [1.165, 1.54) is 49.4 Å². The molecule has 3 aliphatic rings. The smallest absolute Gasteiger partial charge is 0.156 e. The fraction of sp³-hybridized carbons (Fsp3) is 0.929. The molecule has 3 atom stereocenters. The van der Waals surface area contributed by atoms with Crippen molar-refractivity contribution < 1.29 is 4.74 Å². The van der Waals surface area contributed by atoms with Crippen LogP contribution in [0.25, 0.3) is 0 Å². The number of aliphatic imine (C=N–C) groups is 1. The van der Waals surface area contributed by atoms with Crippen molar-refractivity contribution in [3.63, 3.8) is 0 Å². The lowest BCUT2D eigenvalue weighted by Crippen LogP contribution is -2.46.